The molecule has 0 spiro atoms. The largest absolute Gasteiger partial charge is 0.394 e. The predicted octanol–water partition coefficient (Wildman–Crippen LogP) is 2.63. The van der Waals surface area contributed by atoms with Gasteiger partial charge in [-0.2, -0.15) is 0 Å². The van der Waals surface area contributed by atoms with E-state index < -0.39 is 0 Å². The second kappa shape index (κ2) is 6.39. The van der Waals surface area contributed by atoms with E-state index in [1.165, 1.54) is 6.42 Å². The third-order valence-corrected chi connectivity index (χ3v) is 4.10. The van der Waals surface area contributed by atoms with Crippen molar-refractivity contribution in [2.24, 2.45) is 0 Å². The Balaban J connectivity index is 2.27. The number of aliphatic hydroxyl groups is 1. The molecule has 1 aliphatic carbocycles. The monoisotopic (exact) mass is 278 g/mol. The average Bonchev–Trinajstić information content (AvgIpc) is 2.45. The van der Waals surface area contributed by atoms with Crippen LogP contribution in [0, 0.1) is 13.8 Å². The maximum Gasteiger partial charge on any atom is 0.135 e. The van der Waals surface area contributed by atoms with E-state index in [1.54, 1.807) is 0 Å². The van der Waals surface area contributed by atoms with Gasteiger partial charge in [-0.15, -0.1) is 0 Å². The van der Waals surface area contributed by atoms with Crippen LogP contribution in [0.2, 0.25) is 0 Å². The first-order valence-electron chi connectivity index (χ1n) is 7.58. The highest BCUT2D eigenvalue weighted by molar-refractivity contribution is 5.58. The standard InChI is InChI=1S/C15H26N4O/c1-4-16-13-11(2)14(18-12(3)17-13)19-15(10-20)8-6-5-7-9-15/h20H,4-10H2,1-3H3,(H2,16,17,18,19). The molecule has 3 N–H and O–H groups in total. The van der Waals surface area contributed by atoms with E-state index in [-0.39, 0.29) is 12.1 Å². The minimum Gasteiger partial charge on any atom is -0.394 e. The van der Waals surface area contributed by atoms with Crippen molar-refractivity contribution < 1.29 is 5.11 Å². The maximum absolute atomic E-state index is 9.81. The molecule has 0 aliphatic heterocycles. The fourth-order valence-electron chi connectivity index (χ4n) is 2.89. The SMILES string of the molecule is CCNc1nc(C)nc(NC2(CO)CCCCC2)c1C. The van der Waals surface area contributed by atoms with Crippen LogP contribution < -0.4 is 10.6 Å². The Morgan fingerprint density at radius 1 is 1.10 bits per heavy atom. The summed E-state index contributed by atoms with van der Waals surface area (Å²) in [5.74, 6) is 2.48. The molecule has 0 saturated heterocycles. The zero-order valence-electron chi connectivity index (χ0n) is 12.8. The van der Waals surface area contributed by atoms with Crippen molar-refractivity contribution in [3.8, 4) is 0 Å². The molecule has 1 aromatic heterocycles. The van der Waals surface area contributed by atoms with Gasteiger partial charge in [0.05, 0.1) is 12.1 Å². The van der Waals surface area contributed by atoms with Gasteiger partial charge in [-0.1, -0.05) is 19.3 Å². The van der Waals surface area contributed by atoms with Crippen LogP contribution in [-0.2, 0) is 0 Å². The zero-order valence-corrected chi connectivity index (χ0v) is 12.8. The molecule has 20 heavy (non-hydrogen) atoms. The number of aromatic nitrogens is 2. The number of anilines is 2. The number of aliphatic hydroxyl groups excluding tert-OH is 1. The van der Waals surface area contributed by atoms with Gasteiger partial charge in [0.25, 0.3) is 0 Å². The van der Waals surface area contributed by atoms with Crippen molar-refractivity contribution in [2.75, 3.05) is 23.8 Å². The van der Waals surface area contributed by atoms with E-state index in [4.69, 9.17) is 0 Å². The number of nitrogens with zero attached hydrogens (tertiary/aromatic N) is 2. The first kappa shape index (κ1) is 15.0. The molecular weight excluding hydrogens is 252 g/mol. The molecule has 1 aromatic rings. The molecule has 1 aliphatic rings. The van der Waals surface area contributed by atoms with Crippen LogP contribution in [0.3, 0.4) is 0 Å². The van der Waals surface area contributed by atoms with E-state index >= 15 is 0 Å². The first-order chi connectivity index (χ1) is 9.60. The van der Waals surface area contributed by atoms with E-state index in [2.05, 4.69) is 27.5 Å². The van der Waals surface area contributed by atoms with Gasteiger partial charge in [-0.25, -0.2) is 9.97 Å². The van der Waals surface area contributed by atoms with Gasteiger partial charge < -0.3 is 15.7 Å². The van der Waals surface area contributed by atoms with Crippen LogP contribution in [0.4, 0.5) is 11.6 Å². The lowest BCUT2D eigenvalue weighted by Gasteiger charge is -2.37. The first-order valence-corrected chi connectivity index (χ1v) is 7.58. The molecule has 5 nitrogen and oxygen atoms in total. The van der Waals surface area contributed by atoms with E-state index in [0.717, 1.165) is 55.3 Å². The molecule has 0 unspecified atom stereocenters. The quantitative estimate of drug-likeness (QED) is 0.772. The number of hydrogen-bond donors (Lipinski definition) is 3. The number of rotatable bonds is 5. The van der Waals surface area contributed by atoms with Crippen LogP contribution in [0.1, 0.15) is 50.4 Å². The highest BCUT2D eigenvalue weighted by atomic mass is 16.3. The van der Waals surface area contributed by atoms with Gasteiger partial charge in [0.1, 0.15) is 17.5 Å². The molecule has 5 heteroatoms. The van der Waals surface area contributed by atoms with Gasteiger partial charge in [0.15, 0.2) is 0 Å². The summed E-state index contributed by atoms with van der Waals surface area (Å²) in [5.41, 5.74) is 0.809. The maximum atomic E-state index is 9.81. The van der Waals surface area contributed by atoms with Crippen molar-refractivity contribution in [3.05, 3.63) is 11.4 Å². The van der Waals surface area contributed by atoms with E-state index in [9.17, 15) is 5.11 Å². The smallest absolute Gasteiger partial charge is 0.135 e. The molecule has 2 rings (SSSR count). The number of hydrogen-bond acceptors (Lipinski definition) is 5. The highest BCUT2D eigenvalue weighted by Crippen LogP contribution is 2.32. The van der Waals surface area contributed by atoms with Gasteiger partial charge in [0, 0.05) is 12.1 Å². The van der Waals surface area contributed by atoms with Crippen LogP contribution in [0.5, 0.6) is 0 Å². The number of aryl methyl sites for hydroxylation is 1. The minimum atomic E-state index is -0.215. The lowest BCUT2D eigenvalue weighted by molar-refractivity contribution is 0.172. The summed E-state index contributed by atoms with van der Waals surface area (Å²) >= 11 is 0. The third kappa shape index (κ3) is 3.20. The third-order valence-electron chi connectivity index (χ3n) is 4.10. The van der Waals surface area contributed by atoms with Gasteiger partial charge in [-0.05, 0) is 33.6 Å². The molecule has 0 amide bonds. The minimum absolute atomic E-state index is 0.159. The summed E-state index contributed by atoms with van der Waals surface area (Å²) in [5, 5.41) is 16.6. The highest BCUT2D eigenvalue weighted by Gasteiger charge is 2.32. The van der Waals surface area contributed by atoms with Crippen molar-refractivity contribution >= 4 is 11.6 Å². The molecule has 0 bridgehead atoms. The normalized spacial score (nSPS) is 17.8. The molecule has 1 saturated carbocycles. The Morgan fingerprint density at radius 3 is 2.35 bits per heavy atom. The zero-order chi connectivity index (χ0) is 14.6. The topological polar surface area (TPSA) is 70.1 Å². The Morgan fingerprint density at radius 2 is 1.75 bits per heavy atom. The fourth-order valence-corrected chi connectivity index (χ4v) is 2.89. The summed E-state index contributed by atoms with van der Waals surface area (Å²) in [7, 11) is 0. The van der Waals surface area contributed by atoms with Crippen LogP contribution in [0.25, 0.3) is 0 Å². The van der Waals surface area contributed by atoms with Gasteiger partial charge in [-0.3, -0.25) is 0 Å². The predicted molar refractivity (Wildman–Crippen MR) is 82.2 cm³/mol. The Labute approximate surface area is 121 Å². The summed E-state index contributed by atoms with van der Waals surface area (Å²) in [4.78, 5) is 8.97. The van der Waals surface area contributed by atoms with Crippen molar-refractivity contribution in [1.29, 1.82) is 0 Å². The second-order valence-electron chi connectivity index (χ2n) is 5.75. The summed E-state index contributed by atoms with van der Waals surface area (Å²) in [6.45, 7) is 6.97. The molecule has 1 fully saturated rings. The lowest BCUT2D eigenvalue weighted by Crippen LogP contribution is -2.44. The number of nitrogens with one attached hydrogen (secondary N) is 2. The van der Waals surface area contributed by atoms with Crippen LogP contribution in [-0.4, -0.2) is 33.8 Å². The average molecular weight is 278 g/mol. The van der Waals surface area contributed by atoms with Crippen molar-refractivity contribution in [2.45, 2.75) is 58.4 Å². The van der Waals surface area contributed by atoms with E-state index in [0.29, 0.717) is 0 Å². The van der Waals surface area contributed by atoms with E-state index in [1.807, 2.05) is 13.8 Å². The van der Waals surface area contributed by atoms with Crippen LogP contribution >= 0.6 is 0 Å². The summed E-state index contributed by atoms with van der Waals surface area (Å²) in [6.07, 6.45) is 5.59. The molecule has 112 valence electrons. The van der Waals surface area contributed by atoms with Crippen LogP contribution in [0.15, 0.2) is 0 Å². The molecule has 0 radical (unpaired) electrons. The lowest BCUT2D eigenvalue weighted by atomic mass is 9.82. The molecule has 0 aromatic carbocycles. The fraction of sp³-hybridized carbons (Fsp3) is 0.733. The molecule has 0 atom stereocenters. The Hall–Kier alpha value is -1.36. The Kier molecular flexibility index (Phi) is 4.81. The van der Waals surface area contributed by atoms with Gasteiger partial charge in [0.2, 0.25) is 0 Å². The Bertz CT molecular complexity index is 455. The van der Waals surface area contributed by atoms with Crippen molar-refractivity contribution in [1.82, 2.24) is 9.97 Å². The van der Waals surface area contributed by atoms with Crippen molar-refractivity contribution in [3.63, 3.8) is 0 Å². The second-order valence-corrected chi connectivity index (χ2v) is 5.75. The molecule has 1 heterocycles. The molecular formula is C15H26N4O. The summed E-state index contributed by atoms with van der Waals surface area (Å²) in [6, 6.07) is 0. The van der Waals surface area contributed by atoms with Gasteiger partial charge >= 0.3 is 0 Å². The summed E-state index contributed by atoms with van der Waals surface area (Å²) < 4.78 is 0.